The van der Waals surface area contributed by atoms with Crippen LogP contribution >= 0.6 is 0 Å². The van der Waals surface area contributed by atoms with Crippen LogP contribution in [0.5, 0.6) is 5.75 Å². The molecular weight excluding hydrogens is 452 g/mol. The Hall–Kier alpha value is -1.71. The average molecular weight is 491 g/mol. The van der Waals surface area contributed by atoms with Crippen molar-refractivity contribution in [1.29, 1.82) is 0 Å². The Balaban J connectivity index is 1.14. The molecule has 1 aliphatic carbocycles. The Morgan fingerprint density at radius 2 is 1.89 bits per heavy atom. The van der Waals surface area contributed by atoms with Crippen LogP contribution in [0.1, 0.15) is 64.9 Å². The fourth-order valence-electron chi connectivity index (χ4n) is 6.51. The summed E-state index contributed by atoms with van der Waals surface area (Å²) >= 11 is 0. The quantitative estimate of drug-likeness (QED) is 0.393. The van der Waals surface area contributed by atoms with Crippen LogP contribution in [-0.4, -0.2) is 48.3 Å². The highest BCUT2D eigenvalue weighted by atomic mass is 17.3. The van der Waals surface area contributed by atoms with Gasteiger partial charge in [0.2, 0.25) is 5.79 Å². The monoisotopic (exact) mass is 490 g/mol. The molecule has 8 heteroatoms. The zero-order valence-electron chi connectivity index (χ0n) is 20.9. The van der Waals surface area contributed by atoms with Gasteiger partial charge in [-0.1, -0.05) is 26.0 Å². The van der Waals surface area contributed by atoms with Gasteiger partial charge in [-0.15, -0.1) is 0 Å². The van der Waals surface area contributed by atoms with Crippen LogP contribution in [0.2, 0.25) is 0 Å². The van der Waals surface area contributed by atoms with Gasteiger partial charge in [-0.2, -0.15) is 0 Å². The summed E-state index contributed by atoms with van der Waals surface area (Å²) in [5.74, 6) is 0.508. The Morgan fingerprint density at radius 1 is 1.09 bits per heavy atom. The van der Waals surface area contributed by atoms with Crippen molar-refractivity contribution in [2.45, 2.75) is 89.7 Å². The van der Waals surface area contributed by atoms with Crippen molar-refractivity contribution in [2.24, 2.45) is 23.7 Å². The molecular formula is C27H38O8. The second-order valence-electron chi connectivity index (χ2n) is 10.9. The average Bonchev–Trinajstić information content (AvgIpc) is 3.07. The molecule has 6 rings (SSSR count). The maximum atomic E-state index is 10.7. The van der Waals surface area contributed by atoms with Crippen LogP contribution in [0.4, 0.5) is 0 Å². The molecule has 8 atom stereocenters. The van der Waals surface area contributed by atoms with Gasteiger partial charge in [-0.3, -0.25) is 4.79 Å². The first-order valence-corrected chi connectivity index (χ1v) is 13.1. The van der Waals surface area contributed by atoms with Crippen molar-refractivity contribution in [3.63, 3.8) is 0 Å². The molecule has 4 heterocycles. The van der Waals surface area contributed by atoms with Crippen LogP contribution < -0.4 is 4.74 Å². The van der Waals surface area contributed by atoms with E-state index in [2.05, 4.69) is 13.8 Å². The summed E-state index contributed by atoms with van der Waals surface area (Å²) in [5, 5.41) is 8.80. The normalized spacial score (nSPS) is 40.1. The first kappa shape index (κ1) is 25.0. The number of aliphatic carboxylic acids is 1. The minimum Gasteiger partial charge on any atom is -0.494 e. The summed E-state index contributed by atoms with van der Waals surface area (Å²) in [5.41, 5.74) is 0.425. The van der Waals surface area contributed by atoms with E-state index in [1.165, 1.54) is 6.42 Å². The number of rotatable bonds is 9. The van der Waals surface area contributed by atoms with Gasteiger partial charge in [0.1, 0.15) is 5.75 Å². The molecule has 4 saturated heterocycles. The number of hydrogen-bond acceptors (Lipinski definition) is 7. The fourth-order valence-corrected chi connectivity index (χ4v) is 6.51. The molecule has 1 aromatic carbocycles. The van der Waals surface area contributed by atoms with E-state index in [9.17, 15) is 4.79 Å². The number of ether oxygens (including phenoxy) is 4. The van der Waals surface area contributed by atoms with Crippen LogP contribution in [0.15, 0.2) is 24.3 Å². The third-order valence-electron chi connectivity index (χ3n) is 8.49. The van der Waals surface area contributed by atoms with Gasteiger partial charge < -0.3 is 24.1 Å². The van der Waals surface area contributed by atoms with Gasteiger partial charge in [0, 0.05) is 31.1 Å². The lowest BCUT2D eigenvalue weighted by Gasteiger charge is -2.60. The first-order valence-electron chi connectivity index (χ1n) is 13.1. The van der Waals surface area contributed by atoms with Gasteiger partial charge in [0.15, 0.2) is 18.2 Å². The minimum absolute atomic E-state index is 0.130. The van der Waals surface area contributed by atoms with Gasteiger partial charge in [0.05, 0.1) is 13.2 Å². The summed E-state index contributed by atoms with van der Waals surface area (Å²) in [6, 6.07) is 7.58. The summed E-state index contributed by atoms with van der Waals surface area (Å²) in [6.45, 7) is 7.49. The van der Waals surface area contributed by atoms with Crippen molar-refractivity contribution >= 4 is 5.97 Å². The number of carboxylic acid groups (broad SMARTS) is 1. The Morgan fingerprint density at radius 3 is 2.66 bits per heavy atom. The van der Waals surface area contributed by atoms with E-state index in [1.54, 1.807) is 0 Å². The van der Waals surface area contributed by atoms with Gasteiger partial charge in [-0.05, 0) is 62.1 Å². The molecule has 1 saturated carbocycles. The molecule has 8 nitrogen and oxygen atoms in total. The molecule has 1 spiro atoms. The second-order valence-corrected chi connectivity index (χ2v) is 10.9. The number of hydrogen-bond donors (Lipinski definition) is 1. The second kappa shape index (κ2) is 9.98. The van der Waals surface area contributed by atoms with E-state index >= 15 is 0 Å². The molecule has 1 unspecified atom stereocenters. The lowest BCUT2D eigenvalue weighted by molar-refractivity contribution is -0.577. The molecule has 5 aliphatic rings. The van der Waals surface area contributed by atoms with Crippen molar-refractivity contribution in [3.8, 4) is 5.75 Å². The smallest absolute Gasteiger partial charge is 0.303 e. The van der Waals surface area contributed by atoms with Crippen LogP contribution in [-0.2, 0) is 35.2 Å². The van der Waals surface area contributed by atoms with E-state index in [0.717, 1.165) is 37.0 Å². The Bertz CT molecular complexity index is 890. The predicted octanol–water partition coefficient (Wildman–Crippen LogP) is 4.70. The summed E-state index contributed by atoms with van der Waals surface area (Å²) in [7, 11) is 0. The van der Waals surface area contributed by atoms with E-state index in [1.807, 2.05) is 31.2 Å². The van der Waals surface area contributed by atoms with Crippen molar-refractivity contribution < 1.29 is 38.6 Å². The van der Waals surface area contributed by atoms with Crippen molar-refractivity contribution in [3.05, 3.63) is 29.8 Å². The lowest BCUT2D eigenvalue weighted by Crippen LogP contribution is -2.70. The fraction of sp³-hybridized carbons (Fsp3) is 0.741. The van der Waals surface area contributed by atoms with Crippen LogP contribution in [0.3, 0.4) is 0 Å². The number of carbonyl (C=O) groups is 1. The molecule has 35 heavy (non-hydrogen) atoms. The molecule has 5 fully saturated rings. The molecule has 2 bridgehead atoms. The van der Waals surface area contributed by atoms with E-state index in [4.69, 9.17) is 33.8 Å². The minimum atomic E-state index is -0.789. The van der Waals surface area contributed by atoms with Gasteiger partial charge in [-0.25, -0.2) is 9.78 Å². The topological polar surface area (TPSA) is 92.7 Å². The van der Waals surface area contributed by atoms with Crippen LogP contribution in [0.25, 0.3) is 0 Å². The first-order chi connectivity index (χ1) is 16.8. The predicted molar refractivity (Wildman–Crippen MR) is 125 cm³/mol. The lowest BCUT2D eigenvalue weighted by atomic mass is 9.58. The highest BCUT2D eigenvalue weighted by Gasteiger charge is 2.69. The summed E-state index contributed by atoms with van der Waals surface area (Å²) < 4.78 is 24.9. The number of aryl methyl sites for hydroxylation is 1. The van der Waals surface area contributed by atoms with E-state index in [0.29, 0.717) is 31.5 Å². The third kappa shape index (κ3) is 4.83. The maximum absolute atomic E-state index is 10.7. The molecule has 1 N–H and O–H groups in total. The zero-order chi connectivity index (χ0) is 24.6. The molecule has 4 aliphatic heterocycles. The summed E-state index contributed by atoms with van der Waals surface area (Å²) in [6.07, 6.45) is 4.57. The maximum Gasteiger partial charge on any atom is 0.303 e. The number of fused-ring (bicyclic) bond motifs is 2. The molecule has 194 valence electrons. The SMILES string of the molecule is C[C@H]1[C@@H](OCCCOc2ccc(CCC(=O)O)cc2)O[C@@H]2O[C@@]3(C)CCC4[C@H](C)CC[C@@H]1[C@]42OO3. The third-order valence-corrected chi connectivity index (χ3v) is 8.49. The summed E-state index contributed by atoms with van der Waals surface area (Å²) in [4.78, 5) is 22.8. The zero-order valence-corrected chi connectivity index (χ0v) is 20.9. The van der Waals surface area contributed by atoms with Gasteiger partial charge in [0.25, 0.3) is 0 Å². The number of benzene rings is 1. The largest absolute Gasteiger partial charge is 0.494 e. The standard InChI is InChI=1S/C27H38O8/c1-17-5-11-22-18(2)24(32-25-27(22)21(17)13-14-26(3,33-25)34-35-27)31-16-4-15-30-20-9-6-19(7-10-20)8-12-23(28)29/h6-7,9-10,17-18,21-22,24-25H,4-5,8,11-16H2,1-3H3,(H,28,29)/t17-,18-,21?,22+,24+,25-,26-,27-/m1/s1. The Kier molecular flexibility index (Phi) is 7.12. The molecule has 0 aromatic heterocycles. The van der Waals surface area contributed by atoms with E-state index < -0.39 is 23.6 Å². The van der Waals surface area contributed by atoms with E-state index in [-0.39, 0.29) is 24.5 Å². The van der Waals surface area contributed by atoms with Crippen LogP contribution in [0, 0.1) is 23.7 Å². The van der Waals surface area contributed by atoms with Crippen molar-refractivity contribution in [2.75, 3.05) is 13.2 Å². The van der Waals surface area contributed by atoms with Crippen molar-refractivity contribution in [1.82, 2.24) is 0 Å². The Labute approximate surface area is 207 Å². The highest BCUT2D eigenvalue weighted by molar-refractivity contribution is 5.67. The van der Waals surface area contributed by atoms with Gasteiger partial charge >= 0.3 is 5.97 Å². The molecule has 1 aromatic rings. The highest BCUT2D eigenvalue weighted by Crippen LogP contribution is 2.60. The number of carboxylic acids is 1. The molecule has 0 amide bonds. The molecule has 0 radical (unpaired) electrons.